The zero-order chi connectivity index (χ0) is 25.1. The Morgan fingerprint density at radius 1 is 0.886 bits per heavy atom. The molecular formula is C27H25NO7. The van der Waals surface area contributed by atoms with Crippen LogP contribution in [0.2, 0.25) is 0 Å². The van der Waals surface area contributed by atoms with Crippen LogP contribution in [-0.4, -0.2) is 47.6 Å². The van der Waals surface area contributed by atoms with Crippen molar-refractivity contribution in [3.63, 3.8) is 0 Å². The smallest absolute Gasteiger partial charge is 0.343 e. The Labute approximate surface area is 202 Å². The molecule has 4 rings (SSSR count). The monoisotopic (exact) mass is 475 g/mol. The molecule has 1 heterocycles. The summed E-state index contributed by atoms with van der Waals surface area (Å²) < 4.78 is 10.3. The maximum absolute atomic E-state index is 12.6. The number of hydrogen-bond donors (Lipinski definition) is 0. The van der Waals surface area contributed by atoms with Crippen molar-refractivity contribution in [3.05, 3.63) is 76.9 Å². The summed E-state index contributed by atoms with van der Waals surface area (Å²) in [7, 11) is 0. The number of fused-ring (bicyclic) bond motifs is 1. The van der Waals surface area contributed by atoms with Gasteiger partial charge in [-0.1, -0.05) is 29.3 Å². The number of allylic oxidation sites excluding steroid dienone is 2. The first-order valence-electron chi connectivity index (χ1n) is 11.3. The van der Waals surface area contributed by atoms with Crippen molar-refractivity contribution in [2.24, 2.45) is 11.8 Å². The molecule has 1 aliphatic heterocycles. The van der Waals surface area contributed by atoms with E-state index in [1.807, 2.05) is 19.9 Å². The first kappa shape index (κ1) is 24.1. The van der Waals surface area contributed by atoms with E-state index in [0.717, 1.165) is 16.0 Å². The SMILES string of the molecule is CC1=CCC2C(=O)N(CC(=O)OCC(=O)c3ccc(OC(=O)c4ccc(C)cc4)cc3)C(=O)C2C1. The van der Waals surface area contributed by atoms with E-state index in [4.69, 9.17) is 9.47 Å². The van der Waals surface area contributed by atoms with Crippen LogP contribution < -0.4 is 4.74 Å². The number of benzene rings is 2. The van der Waals surface area contributed by atoms with Gasteiger partial charge in [-0.15, -0.1) is 0 Å². The van der Waals surface area contributed by atoms with E-state index in [0.29, 0.717) is 18.4 Å². The molecule has 2 atom stereocenters. The van der Waals surface area contributed by atoms with Gasteiger partial charge in [-0.25, -0.2) is 4.79 Å². The van der Waals surface area contributed by atoms with Crippen molar-refractivity contribution in [1.29, 1.82) is 0 Å². The van der Waals surface area contributed by atoms with Crippen LogP contribution >= 0.6 is 0 Å². The number of ether oxygens (including phenoxy) is 2. The lowest BCUT2D eigenvalue weighted by Gasteiger charge is -2.19. The number of imide groups is 1. The van der Waals surface area contributed by atoms with Gasteiger partial charge in [0, 0.05) is 5.56 Å². The fourth-order valence-electron chi connectivity index (χ4n) is 4.23. The number of Topliss-reactive ketones (excluding diaryl/α,β-unsaturated/α-hetero) is 1. The van der Waals surface area contributed by atoms with Gasteiger partial charge < -0.3 is 9.47 Å². The van der Waals surface area contributed by atoms with Gasteiger partial charge in [-0.3, -0.25) is 24.1 Å². The van der Waals surface area contributed by atoms with E-state index in [1.165, 1.54) is 24.3 Å². The van der Waals surface area contributed by atoms with E-state index in [-0.39, 0.29) is 23.1 Å². The van der Waals surface area contributed by atoms with Crippen LogP contribution in [0.15, 0.2) is 60.2 Å². The zero-order valence-corrected chi connectivity index (χ0v) is 19.5. The Morgan fingerprint density at radius 2 is 1.51 bits per heavy atom. The summed E-state index contributed by atoms with van der Waals surface area (Å²) >= 11 is 0. The molecule has 2 aliphatic rings. The Hall–Kier alpha value is -4.07. The highest BCUT2D eigenvalue weighted by Gasteiger charge is 2.48. The first-order chi connectivity index (χ1) is 16.7. The van der Waals surface area contributed by atoms with Gasteiger partial charge in [-0.2, -0.15) is 0 Å². The second kappa shape index (κ2) is 10.0. The molecule has 8 heteroatoms. The van der Waals surface area contributed by atoms with E-state index in [1.54, 1.807) is 24.3 Å². The van der Waals surface area contributed by atoms with Crippen LogP contribution in [0.1, 0.15) is 46.0 Å². The molecule has 1 fully saturated rings. The minimum absolute atomic E-state index is 0.258. The van der Waals surface area contributed by atoms with Crippen molar-refractivity contribution in [1.82, 2.24) is 4.90 Å². The maximum atomic E-state index is 12.6. The average molecular weight is 475 g/mol. The molecule has 0 aromatic heterocycles. The third-order valence-electron chi connectivity index (χ3n) is 6.24. The molecule has 0 N–H and O–H groups in total. The second-order valence-electron chi connectivity index (χ2n) is 8.83. The van der Waals surface area contributed by atoms with Gasteiger partial charge in [0.25, 0.3) is 0 Å². The van der Waals surface area contributed by atoms with E-state index in [2.05, 4.69) is 0 Å². The lowest BCUT2D eigenvalue weighted by Crippen LogP contribution is -2.37. The number of esters is 2. The average Bonchev–Trinajstić information content (AvgIpc) is 3.07. The molecule has 0 radical (unpaired) electrons. The third-order valence-corrected chi connectivity index (χ3v) is 6.24. The molecule has 2 aromatic rings. The summed E-state index contributed by atoms with van der Waals surface area (Å²) in [5.74, 6) is -3.15. The molecule has 0 bridgehead atoms. The maximum Gasteiger partial charge on any atom is 0.343 e. The number of carbonyl (C=O) groups excluding carboxylic acids is 5. The Bertz CT molecular complexity index is 1210. The number of aryl methyl sites for hydroxylation is 1. The summed E-state index contributed by atoms with van der Waals surface area (Å²) in [6, 6.07) is 12.8. The number of likely N-dealkylation sites (tertiary alicyclic amines) is 1. The van der Waals surface area contributed by atoms with E-state index < -0.39 is 42.7 Å². The number of ketones is 1. The van der Waals surface area contributed by atoms with Crippen LogP contribution in [0.3, 0.4) is 0 Å². The topological polar surface area (TPSA) is 107 Å². The van der Waals surface area contributed by atoms with Crippen molar-refractivity contribution in [2.45, 2.75) is 26.7 Å². The predicted molar refractivity (Wildman–Crippen MR) is 125 cm³/mol. The molecule has 2 unspecified atom stereocenters. The van der Waals surface area contributed by atoms with Crippen LogP contribution in [0.25, 0.3) is 0 Å². The Kier molecular flexibility index (Phi) is 6.91. The fraction of sp³-hybridized carbons (Fsp3) is 0.296. The number of amides is 2. The van der Waals surface area contributed by atoms with Crippen LogP contribution in [0.4, 0.5) is 0 Å². The normalized spacial score (nSPS) is 19.1. The highest BCUT2D eigenvalue weighted by molar-refractivity contribution is 6.07. The lowest BCUT2D eigenvalue weighted by atomic mass is 9.82. The molecule has 0 spiro atoms. The van der Waals surface area contributed by atoms with Crippen LogP contribution in [0, 0.1) is 18.8 Å². The molecule has 2 amide bonds. The summed E-state index contributed by atoms with van der Waals surface area (Å²) in [5.41, 5.74) is 2.74. The molecule has 1 aliphatic carbocycles. The van der Waals surface area contributed by atoms with Gasteiger partial charge in [0.1, 0.15) is 12.3 Å². The third kappa shape index (κ3) is 5.37. The van der Waals surface area contributed by atoms with Crippen molar-refractivity contribution >= 4 is 29.5 Å². The fourth-order valence-corrected chi connectivity index (χ4v) is 4.23. The van der Waals surface area contributed by atoms with Gasteiger partial charge in [-0.05, 0) is 63.1 Å². The van der Waals surface area contributed by atoms with Crippen molar-refractivity contribution < 1.29 is 33.4 Å². The van der Waals surface area contributed by atoms with E-state index >= 15 is 0 Å². The zero-order valence-electron chi connectivity index (χ0n) is 19.5. The van der Waals surface area contributed by atoms with Gasteiger partial charge >= 0.3 is 11.9 Å². The number of carbonyl (C=O) groups is 5. The lowest BCUT2D eigenvalue weighted by molar-refractivity contribution is -0.152. The number of nitrogens with zero attached hydrogens (tertiary/aromatic N) is 1. The quantitative estimate of drug-likeness (QED) is 0.199. The molecule has 8 nitrogen and oxygen atoms in total. The molecule has 180 valence electrons. The van der Waals surface area contributed by atoms with Crippen molar-refractivity contribution in [3.8, 4) is 5.75 Å². The summed E-state index contributed by atoms with van der Waals surface area (Å²) in [5, 5.41) is 0. The molecule has 1 saturated heterocycles. The van der Waals surface area contributed by atoms with Crippen molar-refractivity contribution in [2.75, 3.05) is 13.2 Å². The number of rotatable bonds is 7. The molecular weight excluding hydrogens is 450 g/mol. The Morgan fingerprint density at radius 3 is 2.20 bits per heavy atom. The molecule has 2 aromatic carbocycles. The van der Waals surface area contributed by atoms with Gasteiger partial charge in [0.05, 0.1) is 17.4 Å². The molecule has 35 heavy (non-hydrogen) atoms. The predicted octanol–water partition coefficient (Wildman–Crippen LogP) is 3.28. The van der Waals surface area contributed by atoms with Crippen LogP contribution in [-0.2, 0) is 19.1 Å². The summed E-state index contributed by atoms with van der Waals surface area (Å²) in [4.78, 5) is 62.9. The highest BCUT2D eigenvalue weighted by Crippen LogP contribution is 2.37. The van der Waals surface area contributed by atoms with Gasteiger partial charge in [0.2, 0.25) is 11.8 Å². The molecule has 0 saturated carbocycles. The Balaban J connectivity index is 1.27. The second-order valence-corrected chi connectivity index (χ2v) is 8.83. The van der Waals surface area contributed by atoms with Crippen LogP contribution in [0.5, 0.6) is 5.75 Å². The number of hydrogen-bond acceptors (Lipinski definition) is 7. The minimum Gasteiger partial charge on any atom is -0.456 e. The highest BCUT2D eigenvalue weighted by atomic mass is 16.5. The van der Waals surface area contributed by atoms with E-state index in [9.17, 15) is 24.0 Å². The largest absolute Gasteiger partial charge is 0.456 e. The first-order valence-corrected chi connectivity index (χ1v) is 11.3. The summed E-state index contributed by atoms with van der Waals surface area (Å²) in [6.45, 7) is 2.78. The summed E-state index contributed by atoms with van der Waals surface area (Å²) in [6.07, 6.45) is 2.94. The minimum atomic E-state index is -0.827. The van der Waals surface area contributed by atoms with Gasteiger partial charge in [0.15, 0.2) is 12.4 Å². The standard InChI is InChI=1S/C27H25NO7/c1-16-3-6-19(7-4-16)27(33)35-20-10-8-18(9-11-20)23(29)15-34-24(30)14-28-25(31)21-12-5-17(2)13-22(21)26(28)32/h3-11,21-22H,12-15H2,1-2H3.